The SMILES string of the molecule is CCc1cccc(C)c1Cc1c(C)cccc1CC. The Labute approximate surface area is 117 Å². The maximum atomic E-state index is 2.27. The molecule has 0 radical (unpaired) electrons. The second-order valence-corrected chi connectivity index (χ2v) is 5.31. The molecule has 0 amide bonds. The summed E-state index contributed by atoms with van der Waals surface area (Å²) in [5.41, 5.74) is 8.87. The standard InChI is InChI=1S/C19H24/c1-5-16-11-7-9-14(3)18(16)13-19-15(4)10-8-12-17(19)6-2/h7-12H,5-6,13H2,1-4H3. The number of hydrogen-bond acceptors (Lipinski definition) is 0. The predicted octanol–water partition coefficient (Wildman–Crippen LogP) is 5.02. The molecular weight excluding hydrogens is 228 g/mol. The Bertz CT molecular complexity index is 513. The number of benzene rings is 2. The fourth-order valence-corrected chi connectivity index (χ4v) is 2.87. The summed E-state index contributed by atoms with van der Waals surface area (Å²) in [6.07, 6.45) is 3.31. The second kappa shape index (κ2) is 6.06. The lowest BCUT2D eigenvalue weighted by Crippen LogP contribution is -2.02. The summed E-state index contributed by atoms with van der Waals surface area (Å²) in [7, 11) is 0. The van der Waals surface area contributed by atoms with E-state index in [1.165, 1.54) is 33.4 Å². The quantitative estimate of drug-likeness (QED) is 0.717. The fraction of sp³-hybridized carbons (Fsp3) is 0.368. The highest BCUT2D eigenvalue weighted by atomic mass is 14.1. The highest BCUT2D eigenvalue weighted by Crippen LogP contribution is 2.24. The molecule has 0 atom stereocenters. The summed E-state index contributed by atoms with van der Waals surface area (Å²) in [4.78, 5) is 0. The molecule has 0 spiro atoms. The van der Waals surface area contributed by atoms with E-state index in [1.54, 1.807) is 0 Å². The maximum absolute atomic E-state index is 2.27. The van der Waals surface area contributed by atoms with E-state index in [0.29, 0.717) is 0 Å². The second-order valence-electron chi connectivity index (χ2n) is 5.31. The zero-order valence-electron chi connectivity index (χ0n) is 12.6. The van der Waals surface area contributed by atoms with Crippen LogP contribution in [0.25, 0.3) is 0 Å². The van der Waals surface area contributed by atoms with Gasteiger partial charge in [0.25, 0.3) is 0 Å². The molecule has 100 valence electrons. The molecule has 2 aromatic carbocycles. The predicted molar refractivity (Wildman–Crippen MR) is 83.9 cm³/mol. The molecular formula is C19H24. The van der Waals surface area contributed by atoms with E-state index in [2.05, 4.69) is 64.1 Å². The molecule has 19 heavy (non-hydrogen) atoms. The van der Waals surface area contributed by atoms with Crippen molar-refractivity contribution in [2.75, 3.05) is 0 Å². The molecule has 0 N–H and O–H groups in total. The Morgan fingerprint density at radius 2 is 1.11 bits per heavy atom. The Hall–Kier alpha value is -1.56. The van der Waals surface area contributed by atoms with E-state index in [9.17, 15) is 0 Å². The van der Waals surface area contributed by atoms with E-state index in [-0.39, 0.29) is 0 Å². The van der Waals surface area contributed by atoms with Crippen molar-refractivity contribution >= 4 is 0 Å². The van der Waals surface area contributed by atoms with Gasteiger partial charge in [0, 0.05) is 0 Å². The molecule has 2 rings (SSSR count). The van der Waals surface area contributed by atoms with Crippen LogP contribution in [0, 0.1) is 13.8 Å². The van der Waals surface area contributed by atoms with Crippen LogP contribution < -0.4 is 0 Å². The van der Waals surface area contributed by atoms with E-state index in [1.807, 2.05) is 0 Å². The summed E-state index contributed by atoms with van der Waals surface area (Å²) in [6.45, 7) is 8.96. The zero-order valence-corrected chi connectivity index (χ0v) is 12.6. The minimum absolute atomic E-state index is 1.08. The number of rotatable bonds is 4. The molecule has 0 saturated carbocycles. The molecule has 0 unspecified atom stereocenters. The normalized spacial score (nSPS) is 10.7. The van der Waals surface area contributed by atoms with Gasteiger partial charge >= 0.3 is 0 Å². The first kappa shape index (κ1) is 13.9. The Morgan fingerprint density at radius 1 is 0.684 bits per heavy atom. The third-order valence-electron chi connectivity index (χ3n) is 4.13. The van der Waals surface area contributed by atoms with Crippen LogP contribution in [0.1, 0.15) is 47.2 Å². The summed E-state index contributed by atoms with van der Waals surface area (Å²) in [5.74, 6) is 0. The lowest BCUT2D eigenvalue weighted by molar-refractivity contribution is 0.998. The van der Waals surface area contributed by atoms with Crippen LogP contribution in [0.2, 0.25) is 0 Å². The van der Waals surface area contributed by atoms with Gasteiger partial charge in [0.2, 0.25) is 0 Å². The summed E-state index contributed by atoms with van der Waals surface area (Å²) in [6, 6.07) is 13.4. The molecule has 0 fully saturated rings. The smallest absolute Gasteiger partial charge is 0.00151 e. The van der Waals surface area contributed by atoms with Crippen molar-refractivity contribution < 1.29 is 0 Å². The molecule has 0 nitrogen and oxygen atoms in total. The number of hydrogen-bond donors (Lipinski definition) is 0. The lowest BCUT2D eigenvalue weighted by Gasteiger charge is -2.16. The molecule has 0 bridgehead atoms. The van der Waals surface area contributed by atoms with Gasteiger partial charge in [-0.15, -0.1) is 0 Å². The average Bonchev–Trinajstić information content (AvgIpc) is 2.42. The Balaban J connectivity index is 2.47. The molecule has 0 aliphatic rings. The molecule has 0 heterocycles. The topological polar surface area (TPSA) is 0 Å². The van der Waals surface area contributed by atoms with Gasteiger partial charge in [-0.2, -0.15) is 0 Å². The molecule has 2 aromatic rings. The number of aryl methyl sites for hydroxylation is 4. The summed E-state index contributed by atoms with van der Waals surface area (Å²) >= 11 is 0. The van der Waals surface area contributed by atoms with Gasteiger partial charge in [0.1, 0.15) is 0 Å². The van der Waals surface area contributed by atoms with Crippen molar-refractivity contribution in [3.63, 3.8) is 0 Å². The van der Waals surface area contributed by atoms with Crippen LogP contribution in [0.15, 0.2) is 36.4 Å². The third kappa shape index (κ3) is 2.89. The van der Waals surface area contributed by atoms with Crippen LogP contribution >= 0.6 is 0 Å². The fourth-order valence-electron chi connectivity index (χ4n) is 2.87. The van der Waals surface area contributed by atoms with Crippen molar-refractivity contribution in [3.05, 3.63) is 69.8 Å². The Morgan fingerprint density at radius 3 is 1.47 bits per heavy atom. The molecule has 0 heteroatoms. The summed E-state index contributed by atoms with van der Waals surface area (Å²) < 4.78 is 0. The van der Waals surface area contributed by atoms with Gasteiger partial charge in [-0.1, -0.05) is 50.2 Å². The van der Waals surface area contributed by atoms with Gasteiger partial charge < -0.3 is 0 Å². The highest BCUT2D eigenvalue weighted by Gasteiger charge is 2.10. The first-order chi connectivity index (χ1) is 9.17. The molecule has 0 aliphatic carbocycles. The van der Waals surface area contributed by atoms with Gasteiger partial charge in [0.05, 0.1) is 0 Å². The van der Waals surface area contributed by atoms with Crippen molar-refractivity contribution in [3.8, 4) is 0 Å². The van der Waals surface area contributed by atoms with Crippen LogP contribution in [0.5, 0.6) is 0 Å². The van der Waals surface area contributed by atoms with Crippen LogP contribution in [-0.4, -0.2) is 0 Å². The van der Waals surface area contributed by atoms with E-state index in [4.69, 9.17) is 0 Å². The van der Waals surface area contributed by atoms with Crippen molar-refractivity contribution in [1.82, 2.24) is 0 Å². The molecule has 0 aliphatic heterocycles. The van der Waals surface area contributed by atoms with E-state index < -0.39 is 0 Å². The van der Waals surface area contributed by atoms with Crippen LogP contribution in [0.3, 0.4) is 0 Å². The molecule has 0 saturated heterocycles. The minimum Gasteiger partial charge on any atom is -0.0617 e. The third-order valence-corrected chi connectivity index (χ3v) is 4.13. The molecule has 0 aromatic heterocycles. The van der Waals surface area contributed by atoms with Crippen molar-refractivity contribution in [2.24, 2.45) is 0 Å². The lowest BCUT2D eigenvalue weighted by atomic mass is 9.89. The Kier molecular flexibility index (Phi) is 4.42. The monoisotopic (exact) mass is 252 g/mol. The van der Waals surface area contributed by atoms with E-state index in [0.717, 1.165) is 19.3 Å². The first-order valence-electron chi connectivity index (χ1n) is 7.32. The van der Waals surface area contributed by atoms with Gasteiger partial charge in [-0.05, 0) is 66.5 Å². The van der Waals surface area contributed by atoms with Crippen LogP contribution in [-0.2, 0) is 19.3 Å². The largest absolute Gasteiger partial charge is 0.0617 e. The average molecular weight is 252 g/mol. The van der Waals surface area contributed by atoms with Gasteiger partial charge in [0.15, 0.2) is 0 Å². The van der Waals surface area contributed by atoms with Crippen LogP contribution in [0.4, 0.5) is 0 Å². The van der Waals surface area contributed by atoms with Gasteiger partial charge in [-0.25, -0.2) is 0 Å². The van der Waals surface area contributed by atoms with Crippen molar-refractivity contribution in [2.45, 2.75) is 47.0 Å². The minimum atomic E-state index is 1.08. The van der Waals surface area contributed by atoms with Gasteiger partial charge in [-0.3, -0.25) is 0 Å². The maximum Gasteiger partial charge on any atom is -0.00151 e. The van der Waals surface area contributed by atoms with Crippen molar-refractivity contribution in [1.29, 1.82) is 0 Å². The zero-order chi connectivity index (χ0) is 13.8. The summed E-state index contributed by atoms with van der Waals surface area (Å²) in [5, 5.41) is 0. The van der Waals surface area contributed by atoms with E-state index >= 15 is 0 Å². The first-order valence-corrected chi connectivity index (χ1v) is 7.32. The highest BCUT2D eigenvalue weighted by molar-refractivity contribution is 5.43.